The normalized spacial score (nSPS) is 11.1. The lowest BCUT2D eigenvalue weighted by Gasteiger charge is -2.00. The molecule has 0 radical (unpaired) electrons. The lowest BCUT2D eigenvalue weighted by Crippen LogP contribution is -1.97. The van der Waals surface area contributed by atoms with Gasteiger partial charge < -0.3 is 8.98 Å². The van der Waals surface area contributed by atoms with Crippen LogP contribution < -0.4 is 0 Å². The quantitative estimate of drug-likeness (QED) is 0.656. The van der Waals surface area contributed by atoms with Crippen molar-refractivity contribution in [2.45, 2.75) is 13.5 Å². The molecule has 2 heterocycles. The number of aromatic nitrogens is 3. The lowest BCUT2D eigenvalue weighted by atomic mass is 10.2. The molecule has 0 atom stereocenters. The van der Waals surface area contributed by atoms with Crippen molar-refractivity contribution in [3.63, 3.8) is 0 Å². The first kappa shape index (κ1) is 9.15. The van der Waals surface area contributed by atoms with Gasteiger partial charge in [0.15, 0.2) is 0 Å². The number of nitrogens with zero attached hydrogens (tertiary/aromatic N) is 3. The summed E-state index contributed by atoms with van der Waals surface area (Å²) in [7, 11) is 0. The topological polar surface area (TPSA) is 43.9 Å². The van der Waals surface area contributed by atoms with E-state index in [4.69, 9.17) is 4.42 Å². The molecule has 0 aliphatic carbocycles. The van der Waals surface area contributed by atoms with Crippen LogP contribution in [0.5, 0.6) is 0 Å². The van der Waals surface area contributed by atoms with Gasteiger partial charge in [-0.25, -0.2) is 0 Å². The summed E-state index contributed by atoms with van der Waals surface area (Å²) in [6.45, 7) is 2.42. The van der Waals surface area contributed by atoms with E-state index in [0.717, 1.165) is 0 Å². The third-order valence-corrected chi connectivity index (χ3v) is 2.55. The van der Waals surface area contributed by atoms with E-state index in [1.165, 1.54) is 10.9 Å². The summed E-state index contributed by atoms with van der Waals surface area (Å²) in [4.78, 5) is 0. The lowest BCUT2D eigenvalue weighted by molar-refractivity contribution is 0.457. The van der Waals surface area contributed by atoms with Crippen molar-refractivity contribution in [3.8, 4) is 0 Å². The maximum absolute atomic E-state index is 5.36. The van der Waals surface area contributed by atoms with E-state index in [2.05, 4.69) is 33.0 Å². The number of para-hydroxylation sites is 1. The van der Waals surface area contributed by atoms with Crippen molar-refractivity contribution in [1.82, 2.24) is 14.8 Å². The minimum absolute atomic E-state index is 0.603. The minimum atomic E-state index is 0.603. The Morgan fingerprint density at radius 3 is 2.88 bits per heavy atom. The molecule has 0 amide bonds. The Labute approximate surface area is 92.5 Å². The summed E-state index contributed by atoms with van der Waals surface area (Å²) in [6, 6.07) is 10.3. The molecule has 3 rings (SSSR count). The molecule has 0 saturated heterocycles. The minimum Gasteiger partial charge on any atom is -0.424 e. The molecule has 1 aromatic carbocycles. The van der Waals surface area contributed by atoms with Crippen LogP contribution >= 0.6 is 0 Å². The second kappa shape index (κ2) is 3.48. The average Bonchev–Trinajstić information content (AvgIpc) is 2.87. The SMILES string of the molecule is Cc1nnc(Cn2ccc3ccccc32)o1. The van der Waals surface area contributed by atoms with Gasteiger partial charge >= 0.3 is 0 Å². The average molecular weight is 213 g/mol. The van der Waals surface area contributed by atoms with Gasteiger partial charge in [-0.15, -0.1) is 10.2 Å². The molecule has 0 saturated carbocycles. The molecule has 0 unspecified atom stereocenters. The smallest absolute Gasteiger partial charge is 0.236 e. The van der Waals surface area contributed by atoms with Gasteiger partial charge in [0.25, 0.3) is 0 Å². The van der Waals surface area contributed by atoms with Gasteiger partial charge in [0, 0.05) is 18.6 Å². The molecular formula is C12H11N3O. The van der Waals surface area contributed by atoms with E-state index in [0.29, 0.717) is 18.3 Å². The van der Waals surface area contributed by atoms with Crippen LogP contribution in [-0.4, -0.2) is 14.8 Å². The van der Waals surface area contributed by atoms with Crippen LogP contribution in [0, 0.1) is 6.92 Å². The fraction of sp³-hybridized carbons (Fsp3) is 0.167. The molecule has 0 fully saturated rings. The standard InChI is InChI=1S/C12H11N3O/c1-9-13-14-12(16-9)8-15-7-6-10-4-2-3-5-11(10)15/h2-7H,8H2,1H3. The molecule has 4 nitrogen and oxygen atoms in total. The molecule has 2 aromatic heterocycles. The van der Waals surface area contributed by atoms with Gasteiger partial charge in [0.2, 0.25) is 11.8 Å². The maximum atomic E-state index is 5.36. The first-order chi connectivity index (χ1) is 7.83. The molecule has 80 valence electrons. The second-order valence-electron chi connectivity index (χ2n) is 3.72. The summed E-state index contributed by atoms with van der Waals surface area (Å²) in [6.07, 6.45) is 2.03. The van der Waals surface area contributed by atoms with Gasteiger partial charge in [0.05, 0.1) is 0 Å². The summed E-state index contributed by atoms with van der Waals surface area (Å²) in [5, 5.41) is 9.03. The third kappa shape index (κ3) is 1.48. The summed E-state index contributed by atoms with van der Waals surface area (Å²) < 4.78 is 7.46. The van der Waals surface area contributed by atoms with Crippen LogP contribution in [0.25, 0.3) is 10.9 Å². The van der Waals surface area contributed by atoms with Crippen LogP contribution in [0.1, 0.15) is 11.8 Å². The van der Waals surface area contributed by atoms with E-state index >= 15 is 0 Å². The molecule has 0 aliphatic rings. The molecule has 0 bridgehead atoms. The Morgan fingerprint density at radius 2 is 2.06 bits per heavy atom. The summed E-state index contributed by atoms with van der Waals surface area (Å²) in [5.41, 5.74) is 1.18. The highest BCUT2D eigenvalue weighted by Crippen LogP contribution is 2.16. The Morgan fingerprint density at radius 1 is 1.19 bits per heavy atom. The fourth-order valence-electron chi connectivity index (χ4n) is 1.83. The van der Waals surface area contributed by atoms with E-state index in [-0.39, 0.29) is 0 Å². The molecule has 4 heteroatoms. The maximum Gasteiger partial charge on any atom is 0.236 e. The van der Waals surface area contributed by atoms with Crippen molar-refractivity contribution in [1.29, 1.82) is 0 Å². The monoisotopic (exact) mass is 213 g/mol. The molecule has 16 heavy (non-hydrogen) atoms. The van der Waals surface area contributed by atoms with Crippen LogP contribution in [0.2, 0.25) is 0 Å². The Balaban J connectivity index is 2.00. The van der Waals surface area contributed by atoms with Gasteiger partial charge in [-0.3, -0.25) is 0 Å². The van der Waals surface area contributed by atoms with E-state index in [1.54, 1.807) is 6.92 Å². The third-order valence-electron chi connectivity index (χ3n) is 2.55. The Kier molecular flexibility index (Phi) is 1.99. The van der Waals surface area contributed by atoms with E-state index in [9.17, 15) is 0 Å². The molecular weight excluding hydrogens is 202 g/mol. The fourth-order valence-corrected chi connectivity index (χ4v) is 1.83. The summed E-state index contributed by atoms with van der Waals surface area (Å²) in [5.74, 6) is 1.24. The highest BCUT2D eigenvalue weighted by atomic mass is 16.4. The molecule has 0 aliphatic heterocycles. The van der Waals surface area contributed by atoms with Crippen LogP contribution in [0.15, 0.2) is 40.9 Å². The predicted octanol–water partition coefficient (Wildman–Crippen LogP) is 2.38. The number of hydrogen-bond donors (Lipinski definition) is 0. The highest BCUT2D eigenvalue weighted by Gasteiger charge is 2.05. The highest BCUT2D eigenvalue weighted by molar-refractivity contribution is 5.79. The number of fused-ring (bicyclic) bond motifs is 1. The van der Waals surface area contributed by atoms with Crippen LogP contribution in [0.4, 0.5) is 0 Å². The van der Waals surface area contributed by atoms with Crippen molar-refractivity contribution in [3.05, 3.63) is 48.3 Å². The largest absolute Gasteiger partial charge is 0.424 e. The summed E-state index contributed by atoms with van der Waals surface area (Å²) >= 11 is 0. The first-order valence-corrected chi connectivity index (χ1v) is 5.16. The molecule has 0 spiro atoms. The zero-order valence-corrected chi connectivity index (χ0v) is 8.92. The zero-order valence-electron chi connectivity index (χ0n) is 8.92. The van der Waals surface area contributed by atoms with Crippen molar-refractivity contribution < 1.29 is 4.42 Å². The Hall–Kier alpha value is -2.10. The Bertz CT molecular complexity index is 624. The van der Waals surface area contributed by atoms with Crippen molar-refractivity contribution >= 4 is 10.9 Å². The molecule has 3 aromatic rings. The number of benzene rings is 1. The van der Waals surface area contributed by atoms with Crippen LogP contribution in [0.3, 0.4) is 0 Å². The van der Waals surface area contributed by atoms with E-state index < -0.39 is 0 Å². The number of rotatable bonds is 2. The van der Waals surface area contributed by atoms with Gasteiger partial charge in [-0.1, -0.05) is 18.2 Å². The molecule has 0 N–H and O–H groups in total. The first-order valence-electron chi connectivity index (χ1n) is 5.16. The van der Waals surface area contributed by atoms with Crippen molar-refractivity contribution in [2.24, 2.45) is 0 Å². The van der Waals surface area contributed by atoms with Gasteiger partial charge in [-0.05, 0) is 17.5 Å². The second-order valence-corrected chi connectivity index (χ2v) is 3.72. The number of aryl methyl sites for hydroxylation is 1. The predicted molar refractivity (Wildman–Crippen MR) is 60.1 cm³/mol. The van der Waals surface area contributed by atoms with Crippen LogP contribution in [-0.2, 0) is 6.54 Å². The number of hydrogen-bond acceptors (Lipinski definition) is 3. The van der Waals surface area contributed by atoms with Gasteiger partial charge in [0.1, 0.15) is 6.54 Å². The zero-order chi connectivity index (χ0) is 11.0. The van der Waals surface area contributed by atoms with Crippen molar-refractivity contribution in [2.75, 3.05) is 0 Å². The van der Waals surface area contributed by atoms with E-state index in [1.807, 2.05) is 18.3 Å². The van der Waals surface area contributed by atoms with Gasteiger partial charge in [-0.2, -0.15) is 0 Å².